The number of likely N-dealkylation sites (N-methyl/N-ethyl adjacent to an activating group) is 1. The van der Waals surface area contributed by atoms with Crippen molar-refractivity contribution in [2.24, 2.45) is 0 Å². The Morgan fingerprint density at radius 1 is 1.59 bits per heavy atom. The summed E-state index contributed by atoms with van der Waals surface area (Å²) in [6.45, 7) is 2.67. The van der Waals surface area contributed by atoms with Crippen molar-refractivity contribution < 1.29 is 4.74 Å². The van der Waals surface area contributed by atoms with E-state index in [0.29, 0.717) is 17.5 Å². The second kappa shape index (κ2) is 4.85. The molecule has 0 aliphatic carbocycles. The monoisotopic (exact) mass is 255 g/mol. The average Bonchev–Trinajstić information content (AvgIpc) is 2.75. The molecule has 2 aromatic rings. The summed E-state index contributed by atoms with van der Waals surface area (Å²) in [4.78, 5) is 10.1. The van der Waals surface area contributed by atoms with Crippen molar-refractivity contribution in [2.45, 2.75) is 13.0 Å². The van der Waals surface area contributed by atoms with E-state index < -0.39 is 0 Å². The van der Waals surface area contributed by atoms with E-state index in [1.807, 2.05) is 11.9 Å². The Morgan fingerprint density at radius 3 is 3.06 bits per heavy atom. The maximum absolute atomic E-state index is 5.96. The Morgan fingerprint density at radius 2 is 2.35 bits per heavy atom. The molecular weight excluding hydrogens is 242 g/mol. The first-order chi connectivity index (χ1) is 8.13. The van der Waals surface area contributed by atoms with Gasteiger partial charge in [-0.3, -0.25) is 0 Å². The number of nitrogens with zero attached hydrogens (tertiary/aromatic N) is 5. The van der Waals surface area contributed by atoms with Gasteiger partial charge in [0.15, 0.2) is 0 Å². The number of methoxy groups -OCH3 is 1. The van der Waals surface area contributed by atoms with Crippen molar-refractivity contribution in [3.63, 3.8) is 0 Å². The van der Waals surface area contributed by atoms with Gasteiger partial charge in [0.2, 0.25) is 0 Å². The van der Waals surface area contributed by atoms with E-state index in [0.717, 1.165) is 5.82 Å². The molecule has 0 aliphatic heterocycles. The summed E-state index contributed by atoms with van der Waals surface area (Å²) >= 11 is 5.96. The van der Waals surface area contributed by atoms with E-state index in [1.54, 1.807) is 17.7 Å². The van der Waals surface area contributed by atoms with Crippen LogP contribution in [0.2, 0.25) is 5.15 Å². The van der Waals surface area contributed by atoms with Gasteiger partial charge < -0.3 is 9.64 Å². The molecule has 0 fully saturated rings. The zero-order valence-corrected chi connectivity index (χ0v) is 10.7. The molecule has 2 aromatic heterocycles. The van der Waals surface area contributed by atoms with E-state index in [-0.39, 0.29) is 6.04 Å². The maximum atomic E-state index is 5.96. The van der Waals surface area contributed by atoms with Crippen LogP contribution in [0.15, 0.2) is 12.4 Å². The summed E-state index contributed by atoms with van der Waals surface area (Å²) in [5.41, 5.74) is 0. The van der Waals surface area contributed by atoms with Crippen LogP contribution in [0.25, 0.3) is 5.78 Å². The molecule has 7 heteroatoms. The van der Waals surface area contributed by atoms with Gasteiger partial charge in [0.25, 0.3) is 5.78 Å². The Kier molecular flexibility index (Phi) is 3.44. The summed E-state index contributed by atoms with van der Waals surface area (Å²) in [6, 6.07) is 1.96. The fourth-order valence-electron chi connectivity index (χ4n) is 1.60. The van der Waals surface area contributed by atoms with Crippen LogP contribution in [0.4, 0.5) is 5.82 Å². The molecule has 0 radical (unpaired) electrons. The molecule has 2 heterocycles. The van der Waals surface area contributed by atoms with E-state index in [1.165, 1.54) is 6.33 Å². The molecule has 0 N–H and O–H groups in total. The minimum atomic E-state index is 0.200. The van der Waals surface area contributed by atoms with Gasteiger partial charge in [0.1, 0.15) is 17.3 Å². The fourth-order valence-corrected chi connectivity index (χ4v) is 1.77. The summed E-state index contributed by atoms with van der Waals surface area (Å²) in [5.74, 6) is 1.33. The zero-order valence-electron chi connectivity index (χ0n) is 9.96. The number of anilines is 1. The van der Waals surface area contributed by atoms with Crippen molar-refractivity contribution in [3.05, 3.63) is 17.5 Å². The highest BCUT2D eigenvalue weighted by molar-refractivity contribution is 6.29. The third-order valence-corrected chi connectivity index (χ3v) is 2.83. The third-order valence-electron chi connectivity index (χ3n) is 2.63. The number of halogens is 1. The molecule has 0 saturated heterocycles. The largest absolute Gasteiger partial charge is 0.383 e. The molecule has 6 nitrogen and oxygen atoms in total. The van der Waals surface area contributed by atoms with Crippen LogP contribution in [0.5, 0.6) is 0 Å². The Labute approximate surface area is 104 Å². The Hall–Kier alpha value is -1.40. The number of hydrogen-bond donors (Lipinski definition) is 0. The van der Waals surface area contributed by atoms with Gasteiger partial charge in [-0.2, -0.15) is 19.6 Å². The number of rotatable bonds is 4. The normalized spacial score (nSPS) is 12.9. The maximum Gasteiger partial charge on any atom is 0.255 e. The molecule has 0 bridgehead atoms. The molecule has 1 atom stereocenters. The molecular formula is C10H14ClN5O. The molecule has 0 amide bonds. The van der Waals surface area contributed by atoms with Crippen LogP contribution in [-0.2, 0) is 4.74 Å². The topological polar surface area (TPSA) is 55.5 Å². The molecule has 0 spiro atoms. The van der Waals surface area contributed by atoms with Crippen LogP contribution in [0, 0.1) is 0 Å². The highest BCUT2D eigenvalue weighted by atomic mass is 35.5. The second-order valence-corrected chi connectivity index (χ2v) is 4.21. The fraction of sp³-hybridized carbons (Fsp3) is 0.500. The number of aromatic nitrogens is 4. The molecule has 2 rings (SSSR count). The third kappa shape index (κ3) is 2.32. The van der Waals surface area contributed by atoms with Crippen molar-refractivity contribution >= 4 is 23.2 Å². The van der Waals surface area contributed by atoms with Crippen molar-refractivity contribution in [3.8, 4) is 0 Å². The standard InChI is InChI=1S/C10H14ClN5O/c1-7(5-17-3)15(2)9-4-8(11)14-10-12-6-13-16(9)10/h4,6-7H,5H2,1-3H3. The number of hydrogen-bond acceptors (Lipinski definition) is 5. The molecule has 0 aliphatic rings. The number of fused-ring (bicyclic) bond motifs is 1. The quantitative estimate of drug-likeness (QED) is 0.770. The van der Waals surface area contributed by atoms with Crippen LogP contribution < -0.4 is 4.90 Å². The molecule has 0 saturated carbocycles. The Bertz CT molecular complexity index is 514. The number of ether oxygens (including phenoxy) is 1. The van der Waals surface area contributed by atoms with Gasteiger partial charge in [0, 0.05) is 20.2 Å². The molecule has 1 unspecified atom stereocenters. The first kappa shape index (κ1) is 12.1. The lowest BCUT2D eigenvalue weighted by atomic mass is 10.3. The Balaban J connectivity index is 2.43. The molecule has 0 aromatic carbocycles. The minimum absolute atomic E-state index is 0.200. The summed E-state index contributed by atoms with van der Waals surface area (Å²) in [7, 11) is 3.63. The van der Waals surface area contributed by atoms with E-state index in [4.69, 9.17) is 16.3 Å². The smallest absolute Gasteiger partial charge is 0.255 e. The van der Waals surface area contributed by atoms with Crippen LogP contribution >= 0.6 is 11.6 Å². The SMILES string of the molecule is COCC(C)N(C)c1cc(Cl)nc2ncnn12. The van der Waals surface area contributed by atoms with Crippen LogP contribution in [0.3, 0.4) is 0 Å². The predicted octanol–water partition coefficient (Wildman–Crippen LogP) is 1.25. The van der Waals surface area contributed by atoms with Crippen molar-refractivity contribution in [1.29, 1.82) is 0 Å². The highest BCUT2D eigenvalue weighted by Crippen LogP contribution is 2.19. The minimum Gasteiger partial charge on any atom is -0.383 e. The first-order valence-corrected chi connectivity index (χ1v) is 5.59. The van der Waals surface area contributed by atoms with Gasteiger partial charge in [-0.1, -0.05) is 11.6 Å². The molecule has 92 valence electrons. The average molecular weight is 256 g/mol. The molecule has 17 heavy (non-hydrogen) atoms. The van der Waals surface area contributed by atoms with Crippen molar-refractivity contribution in [1.82, 2.24) is 19.6 Å². The first-order valence-electron chi connectivity index (χ1n) is 5.21. The van der Waals surface area contributed by atoms with E-state index >= 15 is 0 Å². The van der Waals surface area contributed by atoms with Gasteiger partial charge in [-0.15, -0.1) is 0 Å². The van der Waals surface area contributed by atoms with E-state index in [2.05, 4.69) is 22.0 Å². The second-order valence-electron chi connectivity index (χ2n) is 3.82. The lowest BCUT2D eigenvalue weighted by Gasteiger charge is -2.26. The van der Waals surface area contributed by atoms with E-state index in [9.17, 15) is 0 Å². The van der Waals surface area contributed by atoms with Gasteiger partial charge in [-0.25, -0.2) is 0 Å². The summed E-state index contributed by atoms with van der Waals surface area (Å²) in [6.07, 6.45) is 1.46. The van der Waals surface area contributed by atoms with Gasteiger partial charge >= 0.3 is 0 Å². The predicted molar refractivity (Wildman–Crippen MR) is 65.5 cm³/mol. The lowest BCUT2D eigenvalue weighted by molar-refractivity contribution is 0.183. The zero-order chi connectivity index (χ0) is 12.4. The van der Waals surface area contributed by atoms with Gasteiger partial charge in [-0.05, 0) is 6.92 Å². The highest BCUT2D eigenvalue weighted by Gasteiger charge is 2.15. The van der Waals surface area contributed by atoms with Crippen molar-refractivity contribution in [2.75, 3.05) is 25.7 Å². The summed E-state index contributed by atoms with van der Waals surface area (Å²) in [5, 5.41) is 4.53. The van der Waals surface area contributed by atoms with Gasteiger partial charge in [0.05, 0.1) is 12.6 Å². The van der Waals surface area contributed by atoms with Crippen LogP contribution in [0.1, 0.15) is 6.92 Å². The summed E-state index contributed by atoms with van der Waals surface area (Å²) < 4.78 is 6.79. The lowest BCUT2D eigenvalue weighted by Crippen LogP contribution is -2.34. The van der Waals surface area contributed by atoms with Crippen LogP contribution in [-0.4, -0.2) is 46.4 Å².